The van der Waals surface area contributed by atoms with E-state index in [-0.39, 0.29) is 11.8 Å². The normalized spacial score (nSPS) is 12.9. The molecule has 0 aliphatic rings. The van der Waals surface area contributed by atoms with Crippen LogP contribution in [0.1, 0.15) is 18.5 Å². The summed E-state index contributed by atoms with van der Waals surface area (Å²) in [5.74, 6) is 0.235. The molecule has 0 radical (unpaired) electrons. The summed E-state index contributed by atoms with van der Waals surface area (Å²) in [5.41, 5.74) is 3.05. The highest BCUT2D eigenvalue weighted by atomic mass is 16.5. The standard InChI is InChI=1S/C8H11NO2/c1-6(9-11)7-2-4-8(10)5-3-7/h2-6,9-11H,1H3/t6-/m1/s1. The predicted octanol–water partition coefficient (Wildman–Crippen LogP) is 1.43. The van der Waals surface area contributed by atoms with Crippen molar-refractivity contribution in [3.05, 3.63) is 29.8 Å². The van der Waals surface area contributed by atoms with Gasteiger partial charge in [-0.1, -0.05) is 12.1 Å². The van der Waals surface area contributed by atoms with Crippen LogP contribution in [0.25, 0.3) is 0 Å². The molecule has 11 heavy (non-hydrogen) atoms. The molecule has 3 nitrogen and oxygen atoms in total. The van der Waals surface area contributed by atoms with E-state index in [4.69, 9.17) is 10.3 Å². The lowest BCUT2D eigenvalue weighted by molar-refractivity contribution is 0.133. The SMILES string of the molecule is C[C@@H](NO)c1ccc(O)cc1. The molecule has 3 heteroatoms. The van der Waals surface area contributed by atoms with Gasteiger partial charge in [-0.3, -0.25) is 0 Å². The molecule has 0 amide bonds. The zero-order valence-corrected chi connectivity index (χ0v) is 6.28. The zero-order chi connectivity index (χ0) is 8.27. The molecule has 1 aromatic carbocycles. The molecule has 0 saturated carbocycles. The van der Waals surface area contributed by atoms with Crippen LogP contribution in [0.2, 0.25) is 0 Å². The maximum atomic E-state index is 8.93. The van der Waals surface area contributed by atoms with Crippen LogP contribution in [0.5, 0.6) is 5.75 Å². The average Bonchev–Trinajstić information content (AvgIpc) is 2.05. The molecule has 3 N–H and O–H groups in total. The molecule has 0 aliphatic heterocycles. The second-order valence-electron chi connectivity index (χ2n) is 2.44. The number of phenols is 1. The van der Waals surface area contributed by atoms with Gasteiger partial charge >= 0.3 is 0 Å². The van der Waals surface area contributed by atoms with Gasteiger partial charge in [-0.2, -0.15) is 5.48 Å². The summed E-state index contributed by atoms with van der Waals surface area (Å²) in [5, 5.41) is 17.5. The van der Waals surface area contributed by atoms with Crippen molar-refractivity contribution < 1.29 is 10.3 Å². The Bertz CT molecular complexity index is 220. The molecule has 0 fully saturated rings. The third kappa shape index (κ3) is 1.93. The second kappa shape index (κ2) is 3.37. The van der Waals surface area contributed by atoms with Crippen LogP contribution < -0.4 is 5.48 Å². The fourth-order valence-electron chi connectivity index (χ4n) is 0.838. The van der Waals surface area contributed by atoms with Crippen LogP contribution >= 0.6 is 0 Å². The van der Waals surface area contributed by atoms with E-state index in [2.05, 4.69) is 5.48 Å². The number of nitrogens with one attached hydrogen (secondary N) is 1. The number of aromatic hydroxyl groups is 1. The van der Waals surface area contributed by atoms with Crippen LogP contribution in [-0.4, -0.2) is 10.3 Å². The van der Waals surface area contributed by atoms with Gasteiger partial charge in [-0.05, 0) is 24.6 Å². The minimum Gasteiger partial charge on any atom is -0.508 e. The van der Waals surface area contributed by atoms with Crippen molar-refractivity contribution in [3.8, 4) is 5.75 Å². The van der Waals surface area contributed by atoms with Crippen LogP contribution in [0.15, 0.2) is 24.3 Å². The van der Waals surface area contributed by atoms with Crippen LogP contribution in [0.4, 0.5) is 0 Å². The Morgan fingerprint density at radius 2 is 1.82 bits per heavy atom. The van der Waals surface area contributed by atoms with Crippen molar-refractivity contribution in [3.63, 3.8) is 0 Å². The number of rotatable bonds is 2. The van der Waals surface area contributed by atoms with Gasteiger partial charge in [0, 0.05) is 0 Å². The van der Waals surface area contributed by atoms with Crippen molar-refractivity contribution >= 4 is 0 Å². The fourth-order valence-corrected chi connectivity index (χ4v) is 0.838. The molecule has 0 unspecified atom stereocenters. The van der Waals surface area contributed by atoms with Gasteiger partial charge in [0.2, 0.25) is 0 Å². The molecule has 0 saturated heterocycles. The molecule has 0 aliphatic carbocycles. The molecular weight excluding hydrogens is 142 g/mol. The van der Waals surface area contributed by atoms with Crippen LogP contribution in [-0.2, 0) is 0 Å². The number of phenolic OH excluding ortho intramolecular Hbond substituents is 1. The number of hydrogen-bond donors (Lipinski definition) is 3. The first kappa shape index (κ1) is 8.04. The highest BCUT2D eigenvalue weighted by molar-refractivity contribution is 5.27. The smallest absolute Gasteiger partial charge is 0.115 e. The maximum absolute atomic E-state index is 8.93. The topological polar surface area (TPSA) is 52.5 Å². The summed E-state index contributed by atoms with van der Waals surface area (Å²) in [7, 11) is 0. The minimum atomic E-state index is -0.101. The minimum absolute atomic E-state index is 0.101. The second-order valence-corrected chi connectivity index (χ2v) is 2.44. The Labute approximate surface area is 65.3 Å². The third-order valence-corrected chi connectivity index (χ3v) is 1.59. The first-order valence-corrected chi connectivity index (χ1v) is 3.42. The van der Waals surface area contributed by atoms with E-state index in [1.54, 1.807) is 24.3 Å². The summed E-state index contributed by atoms with van der Waals surface area (Å²) >= 11 is 0. The van der Waals surface area contributed by atoms with Crippen molar-refractivity contribution in [1.29, 1.82) is 0 Å². The Morgan fingerprint density at radius 3 is 2.27 bits per heavy atom. The van der Waals surface area contributed by atoms with Gasteiger partial charge < -0.3 is 10.3 Å². The third-order valence-electron chi connectivity index (χ3n) is 1.59. The van der Waals surface area contributed by atoms with E-state index < -0.39 is 0 Å². The molecule has 0 spiro atoms. The van der Waals surface area contributed by atoms with E-state index in [1.807, 2.05) is 6.92 Å². The molecule has 0 bridgehead atoms. The zero-order valence-electron chi connectivity index (χ0n) is 6.28. The molecule has 1 aromatic rings. The Kier molecular flexibility index (Phi) is 2.46. The maximum Gasteiger partial charge on any atom is 0.115 e. The number of hydrogen-bond acceptors (Lipinski definition) is 3. The summed E-state index contributed by atoms with van der Waals surface area (Å²) < 4.78 is 0. The van der Waals surface area contributed by atoms with Crippen molar-refractivity contribution in [2.45, 2.75) is 13.0 Å². The average molecular weight is 153 g/mol. The molecule has 1 rings (SSSR count). The van der Waals surface area contributed by atoms with E-state index >= 15 is 0 Å². The van der Waals surface area contributed by atoms with E-state index in [9.17, 15) is 0 Å². The van der Waals surface area contributed by atoms with Crippen LogP contribution in [0.3, 0.4) is 0 Å². The van der Waals surface area contributed by atoms with Gasteiger partial charge in [0.15, 0.2) is 0 Å². The van der Waals surface area contributed by atoms with Crippen molar-refractivity contribution in [2.75, 3.05) is 0 Å². The predicted molar refractivity (Wildman–Crippen MR) is 41.4 cm³/mol. The summed E-state index contributed by atoms with van der Waals surface area (Å²) in [6, 6.07) is 6.58. The van der Waals surface area contributed by atoms with E-state index in [0.717, 1.165) is 5.56 Å². The first-order valence-electron chi connectivity index (χ1n) is 3.42. The Balaban J connectivity index is 2.81. The number of benzene rings is 1. The Hall–Kier alpha value is -1.06. The van der Waals surface area contributed by atoms with E-state index in [1.165, 1.54) is 0 Å². The monoisotopic (exact) mass is 153 g/mol. The summed E-state index contributed by atoms with van der Waals surface area (Å²) in [6.45, 7) is 1.83. The van der Waals surface area contributed by atoms with E-state index in [0.29, 0.717) is 0 Å². The summed E-state index contributed by atoms with van der Waals surface area (Å²) in [6.07, 6.45) is 0. The summed E-state index contributed by atoms with van der Waals surface area (Å²) in [4.78, 5) is 0. The largest absolute Gasteiger partial charge is 0.508 e. The highest BCUT2D eigenvalue weighted by Gasteiger charge is 2.01. The fraction of sp³-hybridized carbons (Fsp3) is 0.250. The van der Waals surface area contributed by atoms with Crippen molar-refractivity contribution in [1.82, 2.24) is 5.48 Å². The quantitative estimate of drug-likeness (QED) is 0.563. The molecular formula is C8H11NO2. The van der Waals surface area contributed by atoms with Gasteiger partial charge in [0.05, 0.1) is 6.04 Å². The highest BCUT2D eigenvalue weighted by Crippen LogP contribution is 2.15. The lowest BCUT2D eigenvalue weighted by Gasteiger charge is -2.08. The Morgan fingerprint density at radius 1 is 1.27 bits per heavy atom. The molecule has 60 valence electrons. The van der Waals surface area contributed by atoms with Gasteiger partial charge in [-0.15, -0.1) is 0 Å². The van der Waals surface area contributed by atoms with Gasteiger partial charge in [-0.25, -0.2) is 0 Å². The lowest BCUT2D eigenvalue weighted by Crippen LogP contribution is -2.12. The van der Waals surface area contributed by atoms with Gasteiger partial charge in [0.25, 0.3) is 0 Å². The molecule has 0 heterocycles. The number of hydroxylamine groups is 1. The first-order chi connectivity index (χ1) is 5.24. The lowest BCUT2D eigenvalue weighted by atomic mass is 10.1. The molecule has 1 atom stereocenters. The van der Waals surface area contributed by atoms with Gasteiger partial charge in [0.1, 0.15) is 5.75 Å². The van der Waals surface area contributed by atoms with Crippen LogP contribution in [0, 0.1) is 0 Å². The molecule has 0 aromatic heterocycles. The van der Waals surface area contributed by atoms with Crippen molar-refractivity contribution in [2.24, 2.45) is 0 Å².